The van der Waals surface area contributed by atoms with E-state index in [9.17, 15) is 9.59 Å². The molecule has 0 fully saturated rings. The molecule has 0 N–H and O–H groups in total. The molecule has 98 valence electrons. The fourth-order valence-electron chi connectivity index (χ4n) is 1.47. The summed E-state index contributed by atoms with van der Waals surface area (Å²) in [5, 5.41) is 0. The highest BCUT2D eigenvalue weighted by Crippen LogP contribution is 2.25. The van der Waals surface area contributed by atoms with Crippen molar-refractivity contribution in [1.82, 2.24) is 0 Å². The van der Waals surface area contributed by atoms with Gasteiger partial charge in [-0.25, -0.2) is 0 Å². The third-order valence-electron chi connectivity index (χ3n) is 2.37. The summed E-state index contributed by atoms with van der Waals surface area (Å²) < 4.78 is 10.1. The number of esters is 1. The number of benzene rings is 1. The largest absolute Gasteiger partial charge is 0.485 e. The van der Waals surface area contributed by atoms with Gasteiger partial charge in [0.1, 0.15) is 5.75 Å². The van der Waals surface area contributed by atoms with Crippen LogP contribution >= 0.6 is 0 Å². The van der Waals surface area contributed by atoms with Crippen molar-refractivity contribution in [3.8, 4) is 5.75 Å². The van der Waals surface area contributed by atoms with Crippen LogP contribution in [0.3, 0.4) is 0 Å². The van der Waals surface area contributed by atoms with Crippen LogP contribution in [0.25, 0.3) is 0 Å². The number of Topliss-reactive ketones (excluding diaryl/α,β-unsaturated/α-hetero) is 1. The molecule has 0 heterocycles. The quantitative estimate of drug-likeness (QED) is 0.727. The van der Waals surface area contributed by atoms with E-state index in [2.05, 4.69) is 18.6 Å². The first-order valence-corrected chi connectivity index (χ1v) is 5.87. The number of ketones is 1. The number of para-hydroxylation sites is 1. The average molecular weight is 250 g/mol. The van der Waals surface area contributed by atoms with Gasteiger partial charge >= 0.3 is 5.97 Å². The Morgan fingerprint density at radius 2 is 1.83 bits per heavy atom. The van der Waals surface area contributed by atoms with E-state index < -0.39 is 5.97 Å². The first kappa shape index (κ1) is 14.2. The molecule has 0 unspecified atom stereocenters. The molecular formula is C14H18O4. The molecular weight excluding hydrogens is 232 g/mol. The van der Waals surface area contributed by atoms with E-state index in [-0.39, 0.29) is 19.0 Å². The first-order valence-electron chi connectivity index (χ1n) is 5.87. The highest BCUT2D eigenvalue weighted by molar-refractivity contribution is 5.83. The third-order valence-corrected chi connectivity index (χ3v) is 2.37. The molecule has 18 heavy (non-hydrogen) atoms. The average Bonchev–Trinajstić information content (AvgIpc) is 2.34. The molecule has 4 heteroatoms. The minimum Gasteiger partial charge on any atom is -0.485 e. The summed E-state index contributed by atoms with van der Waals surface area (Å²) >= 11 is 0. The molecule has 0 atom stereocenters. The number of carbonyl (C=O) groups excluding carboxylic acids is 2. The van der Waals surface area contributed by atoms with Crippen LogP contribution in [0.15, 0.2) is 24.3 Å². The van der Waals surface area contributed by atoms with Crippen LogP contribution in [0.5, 0.6) is 5.75 Å². The molecule has 0 aliphatic rings. The van der Waals surface area contributed by atoms with Crippen molar-refractivity contribution in [1.29, 1.82) is 0 Å². The lowest BCUT2D eigenvalue weighted by atomic mass is 10.0. The van der Waals surface area contributed by atoms with E-state index >= 15 is 0 Å². The highest BCUT2D eigenvalue weighted by atomic mass is 16.5. The molecule has 4 nitrogen and oxygen atoms in total. The smallest absolute Gasteiger partial charge is 0.303 e. The fourth-order valence-corrected chi connectivity index (χ4v) is 1.47. The van der Waals surface area contributed by atoms with E-state index in [0.29, 0.717) is 11.7 Å². The molecule has 1 aromatic rings. The SMILES string of the molecule is CC(=O)OCC(=O)COc1ccccc1C(C)C. The second-order valence-electron chi connectivity index (χ2n) is 4.30. The zero-order valence-electron chi connectivity index (χ0n) is 10.9. The minimum atomic E-state index is -0.467. The molecule has 0 aromatic heterocycles. The normalized spacial score (nSPS) is 10.2. The van der Waals surface area contributed by atoms with E-state index in [0.717, 1.165) is 5.56 Å². The third kappa shape index (κ3) is 4.57. The van der Waals surface area contributed by atoms with Gasteiger partial charge in [-0.1, -0.05) is 32.0 Å². The Bertz CT molecular complexity index is 424. The molecule has 0 aliphatic heterocycles. The summed E-state index contributed by atoms with van der Waals surface area (Å²) in [4.78, 5) is 22.0. The standard InChI is InChI=1S/C14H18O4/c1-10(2)13-6-4-5-7-14(13)18-9-12(16)8-17-11(3)15/h4-7,10H,8-9H2,1-3H3. The molecule has 0 spiro atoms. The summed E-state index contributed by atoms with van der Waals surface area (Å²) in [7, 11) is 0. The van der Waals surface area contributed by atoms with Gasteiger partial charge in [0.2, 0.25) is 5.78 Å². The fraction of sp³-hybridized carbons (Fsp3) is 0.429. The zero-order chi connectivity index (χ0) is 13.5. The van der Waals surface area contributed by atoms with Gasteiger partial charge in [-0.2, -0.15) is 0 Å². The monoisotopic (exact) mass is 250 g/mol. The molecule has 0 bridgehead atoms. The molecule has 0 radical (unpaired) electrons. The van der Waals surface area contributed by atoms with Crippen molar-refractivity contribution in [2.24, 2.45) is 0 Å². The van der Waals surface area contributed by atoms with Crippen LogP contribution < -0.4 is 4.74 Å². The molecule has 0 saturated carbocycles. The molecule has 0 amide bonds. The van der Waals surface area contributed by atoms with Crippen LogP contribution in [0.4, 0.5) is 0 Å². The van der Waals surface area contributed by atoms with E-state index in [4.69, 9.17) is 4.74 Å². The van der Waals surface area contributed by atoms with Crippen molar-refractivity contribution in [3.05, 3.63) is 29.8 Å². The van der Waals surface area contributed by atoms with Gasteiger partial charge in [0.05, 0.1) is 0 Å². The van der Waals surface area contributed by atoms with Crippen molar-refractivity contribution in [2.75, 3.05) is 13.2 Å². The van der Waals surface area contributed by atoms with Crippen LogP contribution in [-0.4, -0.2) is 25.0 Å². The van der Waals surface area contributed by atoms with Gasteiger partial charge in [0.15, 0.2) is 13.2 Å². The van der Waals surface area contributed by atoms with Crippen molar-refractivity contribution >= 4 is 11.8 Å². The van der Waals surface area contributed by atoms with Crippen molar-refractivity contribution < 1.29 is 19.1 Å². The van der Waals surface area contributed by atoms with Gasteiger partial charge in [-0.15, -0.1) is 0 Å². The maximum absolute atomic E-state index is 11.4. The summed E-state index contributed by atoms with van der Waals surface area (Å²) in [6, 6.07) is 7.59. The van der Waals surface area contributed by atoms with E-state index in [1.807, 2.05) is 24.3 Å². The number of carbonyl (C=O) groups is 2. The lowest BCUT2D eigenvalue weighted by Crippen LogP contribution is -2.19. The lowest BCUT2D eigenvalue weighted by molar-refractivity contribution is -0.146. The maximum Gasteiger partial charge on any atom is 0.303 e. The molecule has 1 aromatic carbocycles. The summed E-state index contributed by atoms with van der Waals surface area (Å²) in [5.74, 6) is 0.295. The second kappa shape index (κ2) is 6.79. The van der Waals surface area contributed by atoms with E-state index in [1.54, 1.807) is 0 Å². The maximum atomic E-state index is 11.4. The Morgan fingerprint density at radius 3 is 2.44 bits per heavy atom. The van der Waals surface area contributed by atoms with Crippen LogP contribution in [0.2, 0.25) is 0 Å². The molecule has 0 aliphatic carbocycles. The van der Waals surface area contributed by atoms with Crippen molar-refractivity contribution in [2.45, 2.75) is 26.7 Å². The second-order valence-corrected chi connectivity index (χ2v) is 4.30. The van der Waals surface area contributed by atoms with E-state index in [1.165, 1.54) is 6.92 Å². The number of hydrogen-bond donors (Lipinski definition) is 0. The topological polar surface area (TPSA) is 52.6 Å². The van der Waals surface area contributed by atoms with Crippen LogP contribution in [0, 0.1) is 0 Å². The predicted octanol–water partition coefficient (Wildman–Crippen LogP) is 2.32. The Morgan fingerprint density at radius 1 is 1.17 bits per heavy atom. The van der Waals surface area contributed by atoms with Gasteiger partial charge in [0.25, 0.3) is 0 Å². The molecule has 1 rings (SSSR count). The van der Waals surface area contributed by atoms with Gasteiger partial charge < -0.3 is 9.47 Å². The Hall–Kier alpha value is -1.84. The minimum absolute atomic E-state index is 0.0863. The predicted molar refractivity (Wildman–Crippen MR) is 67.7 cm³/mol. The summed E-state index contributed by atoms with van der Waals surface area (Å²) in [5.41, 5.74) is 1.05. The summed E-state index contributed by atoms with van der Waals surface area (Å²) in [6.07, 6.45) is 0. The highest BCUT2D eigenvalue weighted by Gasteiger charge is 2.10. The van der Waals surface area contributed by atoms with Gasteiger partial charge in [-0.05, 0) is 17.5 Å². The van der Waals surface area contributed by atoms with Crippen molar-refractivity contribution in [3.63, 3.8) is 0 Å². The number of ether oxygens (including phenoxy) is 2. The lowest BCUT2D eigenvalue weighted by Gasteiger charge is -2.13. The zero-order valence-corrected chi connectivity index (χ0v) is 10.9. The Balaban J connectivity index is 2.53. The van der Waals surface area contributed by atoms with Gasteiger partial charge in [0, 0.05) is 6.92 Å². The van der Waals surface area contributed by atoms with Gasteiger partial charge in [-0.3, -0.25) is 9.59 Å². The Kier molecular flexibility index (Phi) is 5.36. The van der Waals surface area contributed by atoms with Crippen LogP contribution in [0.1, 0.15) is 32.3 Å². The Labute approximate surface area is 107 Å². The molecule has 0 saturated heterocycles. The summed E-state index contributed by atoms with van der Waals surface area (Å²) in [6.45, 7) is 5.06. The number of rotatable bonds is 6. The first-order chi connectivity index (χ1) is 8.50. The van der Waals surface area contributed by atoms with Crippen LogP contribution in [-0.2, 0) is 14.3 Å². The number of hydrogen-bond acceptors (Lipinski definition) is 4.